The van der Waals surface area contributed by atoms with E-state index in [-0.39, 0.29) is 0 Å². The van der Waals surface area contributed by atoms with Crippen LogP contribution in [-0.4, -0.2) is 4.98 Å². The predicted octanol–water partition coefficient (Wildman–Crippen LogP) is 3.54. The molecule has 3 heteroatoms. The lowest BCUT2D eigenvalue weighted by Gasteiger charge is -1.96. The standard InChI is InChI=1S/C7H8ClP.C6H7N/c1-5-2-3-7(9)6(8)4-5;1-6-3-2-4-7-5-6/h2-4H,9H2,1H3;2-5H,1H3. The van der Waals surface area contributed by atoms with E-state index in [1.54, 1.807) is 6.20 Å². The second-order valence-corrected chi connectivity index (χ2v) is 4.58. The van der Waals surface area contributed by atoms with Crippen LogP contribution in [0.2, 0.25) is 5.02 Å². The minimum atomic E-state index is 0.819. The third kappa shape index (κ3) is 4.74. The third-order valence-corrected chi connectivity index (χ3v) is 2.98. The molecular weight excluding hydrogens is 237 g/mol. The summed E-state index contributed by atoms with van der Waals surface area (Å²) in [5.74, 6) is 0. The van der Waals surface area contributed by atoms with Crippen molar-refractivity contribution in [3.8, 4) is 0 Å². The Bertz CT molecular complexity index is 443. The number of hydrogen-bond donors (Lipinski definition) is 0. The van der Waals surface area contributed by atoms with Crippen LogP contribution in [0.3, 0.4) is 0 Å². The highest BCUT2D eigenvalue weighted by Crippen LogP contribution is 2.09. The zero-order valence-corrected chi connectivity index (χ0v) is 11.4. The predicted molar refractivity (Wildman–Crippen MR) is 74.5 cm³/mol. The summed E-state index contributed by atoms with van der Waals surface area (Å²) < 4.78 is 0. The second-order valence-electron chi connectivity index (χ2n) is 3.56. The van der Waals surface area contributed by atoms with Gasteiger partial charge in [0.1, 0.15) is 0 Å². The zero-order valence-electron chi connectivity index (χ0n) is 9.44. The van der Waals surface area contributed by atoms with Crippen molar-refractivity contribution in [3.05, 3.63) is 58.9 Å². The van der Waals surface area contributed by atoms with E-state index in [9.17, 15) is 0 Å². The first-order valence-electron chi connectivity index (χ1n) is 4.98. The molecule has 84 valence electrons. The molecule has 0 saturated carbocycles. The number of rotatable bonds is 0. The van der Waals surface area contributed by atoms with Crippen LogP contribution < -0.4 is 5.30 Å². The molecule has 1 aromatic carbocycles. The third-order valence-electron chi connectivity index (χ3n) is 1.97. The summed E-state index contributed by atoms with van der Waals surface area (Å²) in [6.07, 6.45) is 3.60. The van der Waals surface area contributed by atoms with Crippen LogP contribution in [0.5, 0.6) is 0 Å². The summed E-state index contributed by atoms with van der Waals surface area (Å²) in [4.78, 5) is 3.88. The fourth-order valence-corrected chi connectivity index (χ4v) is 1.49. The first-order valence-corrected chi connectivity index (χ1v) is 5.93. The second kappa shape index (κ2) is 6.62. The van der Waals surface area contributed by atoms with Gasteiger partial charge < -0.3 is 0 Å². The molecule has 2 aromatic rings. The maximum atomic E-state index is 5.79. The van der Waals surface area contributed by atoms with E-state index in [4.69, 9.17) is 11.6 Å². The quantitative estimate of drug-likeness (QED) is 0.653. The maximum Gasteiger partial charge on any atom is 0.0480 e. The molecule has 16 heavy (non-hydrogen) atoms. The summed E-state index contributed by atoms with van der Waals surface area (Å²) in [7, 11) is 2.58. The van der Waals surface area contributed by atoms with Crippen molar-refractivity contribution in [2.24, 2.45) is 0 Å². The zero-order chi connectivity index (χ0) is 12.0. The van der Waals surface area contributed by atoms with Gasteiger partial charge in [0.05, 0.1) is 0 Å². The molecule has 1 unspecified atom stereocenters. The SMILES string of the molecule is Cc1ccc(P)c(Cl)c1.Cc1cccnc1. The van der Waals surface area contributed by atoms with Crippen LogP contribution in [0.15, 0.2) is 42.7 Å². The topological polar surface area (TPSA) is 12.9 Å². The average Bonchev–Trinajstić information content (AvgIpc) is 2.26. The summed E-state index contributed by atoms with van der Waals surface area (Å²) >= 11 is 5.79. The van der Waals surface area contributed by atoms with Gasteiger partial charge in [0.2, 0.25) is 0 Å². The van der Waals surface area contributed by atoms with Crippen LogP contribution in [0.4, 0.5) is 0 Å². The summed E-state index contributed by atoms with van der Waals surface area (Å²) in [6, 6.07) is 9.92. The van der Waals surface area contributed by atoms with Crippen molar-refractivity contribution in [1.29, 1.82) is 0 Å². The molecule has 0 aliphatic carbocycles. The lowest BCUT2D eigenvalue weighted by Crippen LogP contribution is -1.90. The van der Waals surface area contributed by atoms with E-state index in [0.717, 1.165) is 10.3 Å². The van der Waals surface area contributed by atoms with Crippen molar-refractivity contribution >= 4 is 26.1 Å². The Kier molecular flexibility index (Phi) is 5.45. The van der Waals surface area contributed by atoms with E-state index < -0.39 is 0 Å². The van der Waals surface area contributed by atoms with E-state index in [2.05, 4.69) is 14.2 Å². The molecule has 1 atom stereocenters. The molecule has 1 heterocycles. The van der Waals surface area contributed by atoms with Gasteiger partial charge in [-0.1, -0.05) is 29.8 Å². The van der Waals surface area contributed by atoms with Crippen molar-refractivity contribution in [3.63, 3.8) is 0 Å². The smallest absolute Gasteiger partial charge is 0.0480 e. The van der Waals surface area contributed by atoms with Gasteiger partial charge in [-0.3, -0.25) is 4.98 Å². The minimum absolute atomic E-state index is 0.819. The molecule has 0 N–H and O–H groups in total. The van der Waals surface area contributed by atoms with Gasteiger partial charge >= 0.3 is 0 Å². The van der Waals surface area contributed by atoms with Crippen LogP contribution in [-0.2, 0) is 0 Å². The van der Waals surface area contributed by atoms with Gasteiger partial charge in [-0.05, 0) is 42.4 Å². The number of hydrogen-bond acceptors (Lipinski definition) is 1. The van der Waals surface area contributed by atoms with Crippen LogP contribution in [0, 0.1) is 13.8 Å². The van der Waals surface area contributed by atoms with Gasteiger partial charge in [-0.25, -0.2) is 0 Å². The number of pyridine rings is 1. The van der Waals surface area contributed by atoms with E-state index in [1.165, 1.54) is 11.1 Å². The lowest BCUT2D eigenvalue weighted by molar-refractivity contribution is 1.27. The molecule has 0 saturated heterocycles. The minimum Gasteiger partial charge on any atom is -0.264 e. The molecule has 0 aliphatic heterocycles. The monoisotopic (exact) mass is 251 g/mol. The number of aryl methyl sites for hydroxylation is 2. The number of halogens is 1. The number of aromatic nitrogens is 1. The fourth-order valence-electron chi connectivity index (χ4n) is 1.08. The molecule has 0 spiro atoms. The van der Waals surface area contributed by atoms with E-state index >= 15 is 0 Å². The lowest BCUT2D eigenvalue weighted by atomic mass is 10.2. The summed E-state index contributed by atoms with van der Waals surface area (Å²) in [6.45, 7) is 4.04. The Morgan fingerprint density at radius 2 is 1.88 bits per heavy atom. The summed E-state index contributed by atoms with van der Waals surface area (Å²) in [5.41, 5.74) is 2.41. The number of nitrogens with zero attached hydrogens (tertiary/aromatic N) is 1. The van der Waals surface area contributed by atoms with E-state index in [0.29, 0.717) is 0 Å². The van der Waals surface area contributed by atoms with Crippen molar-refractivity contribution in [2.75, 3.05) is 0 Å². The van der Waals surface area contributed by atoms with Gasteiger partial charge in [-0.2, -0.15) is 0 Å². The first kappa shape index (κ1) is 13.2. The van der Waals surface area contributed by atoms with Crippen LogP contribution in [0.1, 0.15) is 11.1 Å². The molecular formula is C13H15ClNP. The molecule has 0 fully saturated rings. The Morgan fingerprint density at radius 1 is 1.12 bits per heavy atom. The Hall–Kier alpha value is -0.910. The van der Waals surface area contributed by atoms with Crippen molar-refractivity contribution in [1.82, 2.24) is 4.98 Å². The molecule has 2 rings (SSSR count). The average molecular weight is 252 g/mol. The largest absolute Gasteiger partial charge is 0.264 e. The fraction of sp³-hybridized carbons (Fsp3) is 0.154. The van der Waals surface area contributed by atoms with Crippen molar-refractivity contribution < 1.29 is 0 Å². The van der Waals surface area contributed by atoms with Gasteiger partial charge in [0, 0.05) is 17.4 Å². The maximum absolute atomic E-state index is 5.79. The normalized spacial score (nSPS) is 9.25. The molecule has 0 aliphatic rings. The summed E-state index contributed by atoms with van der Waals surface area (Å²) in [5, 5.41) is 1.88. The van der Waals surface area contributed by atoms with E-state index in [1.807, 2.05) is 50.4 Å². The number of benzene rings is 1. The molecule has 1 nitrogen and oxygen atoms in total. The molecule has 0 amide bonds. The first-order chi connectivity index (χ1) is 7.59. The van der Waals surface area contributed by atoms with Crippen molar-refractivity contribution in [2.45, 2.75) is 13.8 Å². The Morgan fingerprint density at radius 3 is 2.25 bits per heavy atom. The Labute approximate surface area is 104 Å². The van der Waals surface area contributed by atoms with Gasteiger partial charge in [-0.15, -0.1) is 9.24 Å². The molecule has 1 aromatic heterocycles. The highest BCUT2D eigenvalue weighted by Gasteiger charge is 1.91. The molecule has 0 bridgehead atoms. The van der Waals surface area contributed by atoms with Crippen LogP contribution in [0.25, 0.3) is 0 Å². The highest BCUT2D eigenvalue weighted by molar-refractivity contribution is 7.28. The van der Waals surface area contributed by atoms with Gasteiger partial charge in [0.25, 0.3) is 0 Å². The van der Waals surface area contributed by atoms with Crippen LogP contribution >= 0.6 is 20.8 Å². The van der Waals surface area contributed by atoms with Gasteiger partial charge in [0.15, 0.2) is 0 Å². The Balaban J connectivity index is 0.000000165. The molecule has 0 radical (unpaired) electrons. The highest BCUT2D eigenvalue weighted by atomic mass is 35.5.